The number of amides is 4. The number of carboxylic acids is 1. The zero-order chi connectivity index (χ0) is 24.1. The highest BCUT2D eigenvalue weighted by atomic mass is 16.4. The topological polar surface area (TPSA) is 220 Å². The molecule has 4 amide bonds. The standard InChI is InChI=1S/C19H36N6O6/c1-10(2)15(18(29)24-13(19(30)31)6-4-5-9-20)25-16(27)11(3)23-17(28)12(21)7-8-14(22)26/h10-13,15H,4-9,20-21H2,1-3H3,(H2,22,26)(H,23,28)(H,24,29)(H,25,27)(H,30,31). The van der Waals surface area contributed by atoms with Crippen molar-refractivity contribution in [1.29, 1.82) is 0 Å². The van der Waals surface area contributed by atoms with E-state index in [1.165, 1.54) is 6.92 Å². The molecule has 0 aromatic rings. The van der Waals surface area contributed by atoms with Gasteiger partial charge in [-0.1, -0.05) is 13.8 Å². The number of carbonyl (C=O) groups excluding carboxylic acids is 4. The Kier molecular flexibility index (Phi) is 13.0. The number of carbonyl (C=O) groups is 5. The van der Waals surface area contributed by atoms with Crippen LogP contribution in [-0.2, 0) is 24.0 Å². The van der Waals surface area contributed by atoms with Crippen LogP contribution in [0.3, 0.4) is 0 Å². The van der Waals surface area contributed by atoms with Gasteiger partial charge < -0.3 is 38.3 Å². The average Bonchev–Trinajstić information content (AvgIpc) is 2.68. The van der Waals surface area contributed by atoms with Crippen LogP contribution >= 0.6 is 0 Å². The Labute approximate surface area is 182 Å². The lowest BCUT2D eigenvalue weighted by Crippen LogP contribution is -2.57. The van der Waals surface area contributed by atoms with E-state index < -0.39 is 53.8 Å². The third-order valence-electron chi connectivity index (χ3n) is 4.60. The molecule has 0 radical (unpaired) electrons. The molecule has 0 heterocycles. The van der Waals surface area contributed by atoms with E-state index in [4.69, 9.17) is 17.2 Å². The van der Waals surface area contributed by atoms with Crippen LogP contribution in [0, 0.1) is 5.92 Å². The second-order valence-electron chi connectivity index (χ2n) is 7.76. The van der Waals surface area contributed by atoms with Gasteiger partial charge in [-0.15, -0.1) is 0 Å². The lowest BCUT2D eigenvalue weighted by molar-refractivity contribution is -0.142. The molecule has 0 aliphatic rings. The van der Waals surface area contributed by atoms with Crippen LogP contribution < -0.4 is 33.2 Å². The Morgan fingerprint density at radius 3 is 1.97 bits per heavy atom. The quantitative estimate of drug-likeness (QED) is 0.139. The maximum atomic E-state index is 12.6. The van der Waals surface area contributed by atoms with Crippen LogP contribution in [-0.4, -0.2) is 65.4 Å². The zero-order valence-electron chi connectivity index (χ0n) is 18.3. The molecule has 0 aliphatic heterocycles. The first-order valence-electron chi connectivity index (χ1n) is 10.3. The van der Waals surface area contributed by atoms with E-state index >= 15 is 0 Å². The Morgan fingerprint density at radius 2 is 1.48 bits per heavy atom. The molecule has 0 saturated heterocycles. The second kappa shape index (κ2) is 14.3. The van der Waals surface area contributed by atoms with Gasteiger partial charge in [0.1, 0.15) is 18.1 Å². The molecule has 12 nitrogen and oxygen atoms in total. The van der Waals surface area contributed by atoms with E-state index in [1.807, 2.05) is 0 Å². The first-order valence-corrected chi connectivity index (χ1v) is 10.3. The summed E-state index contributed by atoms with van der Waals surface area (Å²) in [4.78, 5) is 59.3. The van der Waals surface area contributed by atoms with E-state index in [-0.39, 0.29) is 25.2 Å². The Balaban J connectivity index is 4.93. The summed E-state index contributed by atoms with van der Waals surface area (Å²) >= 11 is 0. The number of aliphatic carboxylic acids is 1. The number of unbranched alkanes of at least 4 members (excludes halogenated alkanes) is 1. The molecule has 0 rings (SSSR count). The number of hydrogen-bond acceptors (Lipinski definition) is 7. The first-order chi connectivity index (χ1) is 14.4. The van der Waals surface area contributed by atoms with Crippen molar-refractivity contribution in [3.05, 3.63) is 0 Å². The molecule has 4 unspecified atom stereocenters. The number of carboxylic acid groups (broad SMARTS) is 1. The summed E-state index contributed by atoms with van der Waals surface area (Å²) in [6.07, 6.45) is 1.34. The monoisotopic (exact) mass is 444 g/mol. The highest BCUT2D eigenvalue weighted by Gasteiger charge is 2.30. The summed E-state index contributed by atoms with van der Waals surface area (Å²) in [5.41, 5.74) is 16.1. The maximum absolute atomic E-state index is 12.6. The fourth-order valence-electron chi connectivity index (χ4n) is 2.64. The van der Waals surface area contributed by atoms with Gasteiger partial charge in [0, 0.05) is 6.42 Å². The summed E-state index contributed by atoms with van der Waals surface area (Å²) in [5, 5.41) is 16.7. The third kappa shape index (κ3) is 11.3. The molecule has 0 aromatic heterocycles. The van der Waals surface area contributed by atoms with Gasteiger partial charge in [0.25, 0.3) is 0 Å². The number of nitrogens with two attached hydrogens (primary N) is 3. The van der Waals surface area contributed by atoms with Crippen LogP contribution in [0.2, 0.25) is 0 Å². The smallest absolute Gasteiger partial charge is 0.326 e. The summed E-state index contributed by atoms with van der Waals surface area (Å²) in [6.45, 7) is 5.21. The third-order valence-corrected chi connectivity index (χ3v) is 4.60. The van der Waals surface area contributed by atoms with Crippen LogP contribution in [0.4, 0.5) is 0 Å². The fraction of sp³-hybridized carbons (Fsp3) is 0.737. The van der Waals surface area contributed by atoms with Crippen molar-refractivity contribution in [2.45, 2.75) is 77.0 Å². The van der Waals surface area contributed by atoms with E-state index in [0.29, 0.717) is 19.4 Å². The molecule has 12 heteroatoms. The predicted octanol–water partition coefficient (Wildman–Crippen LogP) is -2.08. The molecule has 0 saturated carbocycles. The average molecular weight is 445 g/mol. The lowest BCUT2D eigenvalue weighted by Gasteiger charge is -2.26. The summed E-state index contributed by atoms with van der Waals surface area (Å²) in [7, 11) is 0. The molecule has 0 aliphatic carbocycles. The van der Waals surface area contributed by atoms with E-state index in [0.717, 1.165) is 0 Å². The number of hydrogen-bond donors (Lipinski definition) is 7. The van der Waals surface area contributed by atoms with Gasteiger partial charge in [-0.25, -0.2) is 4.79 Å². The van der Waals surface area contributed by atoms with Crippen molar-refractivity contribution in [3.8, 4) is 0 Å². The second-order valence-corrected chi connectivity index (χ2v) is 7.76. The molecular weight excluding hydrogens is 408 g/mol. The van der Waals surface area contributed by atoms with Crippen molar-refractivity contribution >= 4 is 29.6 Å². The Morgan fingerprint density at radius 1 is 0.871 bits per heavy atom. The highest BCUT2D eigenvalue weighted by molar-refractivity contribution is 5.94. The summed E-state index contributed by atoms with van der Waals surface area (Å²) in [5.74, 6) is -4.03. The minimum Gasteiger partial charge on any atom is -0.480 e. The summed E-state index contributed by atoms with van der Waals surface area (Å²) < 4.78 is 0. The number of primary amides is 1. The molecule has 10 N–H and O–H groups in total. The SMILES string of the molecule is CC(NC(=O)C(N)CCC(N)=O)C(=O)NC(C(=O)NC(CCCCN)C(=O)O)C(C)C. The van der Waals surface area contributed by atoms with Gasteiger partial charge in [-0.3, -0.25) is 19.2 Å². The predicted molar refractivity (Wildman–Crippen MR) is 113 cm³/mol. The lowest BCUT2D eigenvalue weighted by atomic mass is 10.0. The van der Waals surface area contributed by atoms with Crippen molar-refractivity contribution in [2.24, 2.45) is 23.1 Å². The van der Waals surface area contributed by atoms with Crippen LogP contribution in [0.15, 0.2) is 0 Å². The van der Waals surface area contributed by atoms with Crippen LogP contribution in [0.1, 0.15) is 52.9 Å². The molecule has 0 bridgehead atoms. The van der Waals surface area contributed by atoms with E-state index in [2.05, 4.69) is 16.0 Å². The van der Waals surface area contributed by atoms with Gasteiger partial charge >= 0.3 is 5.97 Å². The van der Waals surface area contributed by atoms with Crippen LogP contribution in [0.25, 0.3) is 0 Å². The van der Waals surface area contributed by atoms with Gasteiger partial charge in [0.2, 0.25) is 23.6 Å². The summed E-state index contributed by atoms with van der Waals surface area (Å²) in [6, 6.07) is -4.14. The van der Waals surface area contributed by atoms with Crippen molar-refractivity contribution < 1.29 is 29.1 Å². The molecule has 0 fully saturated rings. The van der Waals surface area contributed by atoms with Gasteiger partial charge in [-0.2, -0.15) is 0 Å². The van der Waals surface area contributed by atoms with Crippen molar-refractivity contribution in [3.63, 3.8) is 0 Å². The van der Waals surface area contributed by atoms with Gasteiger partial charge in [-0.05, 0) is 45.1 Å². The minimum absolute atomic E-state index is 0.0350. The van der Waals surface area contributed by atoms with Crippen molar-refractivity contribution in [2.75, 3.05) is 6.54 Å². The Hall–Kier alpha value is -2.73. The fourth-order valence-corrected chi connectivity index (χ4v) is 2.64. The van der Waals surface area contributed by atoms with Crippen LogP contribution in [0.5, 0.6) is 0 Å². The molecule has 4 atom stereocenters. The normalized spacial score (nSPS) is 14.8. The minimum atomic E-state index is -1.18. The molecular formula is C19H36N6O6. The highest BCUT2D eigenvalue weighted by Crippen LogP contribution is 2.06. The molecule has 0 aromatic carbocycles. The molecule has 0 spiro atoms. The molecule has 178 valence electrons. The molecule has 31 heavy (non-hydrogen) atoms. The van der Waals surface area contributed by atoms with E-state index in [1.54, 1.807) is 13.8 Å². The van der Waals surface area contributed by atoms with Crippen molar-refractivity contribution in [1.82, 2.24) is 16.0 Å². The maximum Gasteiger partial charge on any atom is 0.326 e. The first kappa shape index (κ1) is 28.3. The van der Waals surface area contributed by atoms with Gasteiger partial charge in [0.15, 0.2) is 0 Å². The van der Waals surface area contributed by atoms with E-state index in [9.17, 15) is 29.1 Å². The zero-order valence-corrected chi connectivity index (χ0v) is 18.3. The largest absolute Gasteiger partial charge is 0.480 e. The number of rotatable bonds is 15. The Bertz CT molecular complexity index is 641. The number of nitrogens with one attached hydrogen (secondary N) is 3. The van der Waals surface area contributed by atoms with Gasteiger partial charge in [0.05, 0.1) is 6.04 Å².